The molecular weight excluding hydrogens is 406 g/mol. The molecule has 0 unspecified atom stereocenters. The molecule has 0 spiro atoms. The lowest BCUT2D eigenvalue weighted by Gasteiger charge is -2.22. The third-order valence-electron chi connectivity index (χ3n) is 5.30. The SMILES string of the molecule is O=C(CCNC(=O)[C@@H]1CS[C@H]2c3ccccc3C(=O)N12)Nc1ccc2c(c1)OCO2. The van der Waals surface area contributed by atoms with Gasteiger partial charge < -0.3 is 25.0 Å². The van der Waals surface area contributed by atoms with E-state index in [2.05, 4.69) is 10.6 Å². The first-order valence-corrected chi connectivity index (χ1v) is 10.7. The Kier molecular flexibility index (Phi) is 4.74. The Morgan fingerprint density at radius 1 is 1.13 bits per heavy atom. The zero-order valence-corrected chi connectivity index (χ0v) is 16.7. The minimum Gasteiger partial charge on any atom is -0.454 e. The van der Waals surface area contributed by atoms with E-state index in [1.165, 1.54) is 0 Å². The molecule has 2 N–H and O–H groups in total. The van der Waals surface area contributed by atoms with Gasteiger partial charge in [-0.2, -0.15) is 0 Å². The number of thioether (sulfide) groups is 1. The molecule has 3 heterocycles. The van der Waals surface area contributed by atoms with Crippen LogP contribution in [0, 0.1) is 0 Å². The molecule has 154 valence electrons. The fourth-order valence-corrected chi connectivity index (χ4v) is 5.32. The van der Waals surface area contributed by atoms with Crippen molar-refractivity contribution in [3.05, 3.63) is 53.6 Å². The second-order valence-electron chi connectivity index (χ2n) is 7.16. The molecule has 0 aliphatic carbocycles. The highest BCUT2D eigenvalue weighted by Crippen LogP contribution is 2.48. The summed E-state index contributed by atoms with van der Waals surface area (Å²) in [6.45, 7) is 0.361. The van der Waals surface area contributed by atoms with Crippen molar-refractivity contribution in [2.45, 2.75) is 17.8 Å². The Balaban J connectivity index is 1.14. The Morgan fingerprint density at radius 2 is 1.97 bits per heavy atom. The number of nitrogens with zero attached hydrogens (tertiary/aromatic N) is 1. The molecule has 0 aromatic heterocycles. The number of ether oxygens (including phenoxy) is 2. The molecule has 9 heteroatoms. The lowest BCUT2D eigenvalue weighted by molar-refractivity contribution is -0.124. The van der Waals surface area contributed by atoms with Crippen LogP contribution < -0.4 is 20.1 Å². The van der Waals surface area contributed by atoms with E-state index in [-0.39, 0.29) is 42.9 Å². The molecule has 3 amide bonds. The highest BCUT2D eigenvalue weighted by Gasteiger charge is 2.48. The highest BCUT2D eigenvalue weighted by atomic mass is 32.2. The average Bonchev–Trinajstić information content (AvgIpc) is 3.45. The lowest BCUT2D eigenvalue weighted by atomic mass is 10.1. The normalized spacial score (nSPS) is 20.7. The van der Waals surface area contributed by atoms with Crippen molar-refractivity contribution in [2.75, 3.05) is 24.4 Å². The summed E-state index contributed by atoms with van der Waals surface area (Å²) in [5, 5.41) is 5.46. The van der Waals surface area contributed by atoms with Crippen LogP contribution >= 0.6 is 11.8 Å². The fraction of sp³-hybridized carbons (Fsp3) is 0.286. The van der Waals surface area contributed by atoms with Gasteiger partial charge in [0.15, 0.2) is 11.5 Å². The van der Waals surface area contributed by atoms with E-state index in [1.807, 2.05) is 18.2 Å². The molecule has 8 nitrogen and oxygen atoms in total. The van der Waals surface area contributed by atoms with E-state index >= 15 is 0 Å². The first kappa shape index (κ1) is 18.8. The second-order valence-corrected chi connectivity index (χ2v) is 8.27. The number of rotatable bonds is 5. The number of amides is 3. The molecule has 5 rings (SSSR count). The van der Waals surface area contributed by atoms with E-state index in [0.29, 0.717) is 28.5 Å². The summed E-state index contributed by atoms with van der Waals surface area (Å²) in [6, 6.07) is 12.1. The smallest absolute Gasteiger partial charge is 0.256 e. The number of fused-ring (bicyclic) bond motifs is 4. The fourth-order valence-electron chi connectivity index (χ4n) is 3.86. The van der Waals surface area contributed by atoms with Crippen LogP contribution in [0.4, 0.5) is 5.69 Å². The lowest BCUT2D eigenvalue weighted by Crippen LogP contribution is -2.46. The maximum atomic E-state index is 12.7. The van der Waals surface area contributed by atoms with Crippen molar-refractivity contribution in [3.63, 3.8) is 0 Å². The van der Waals surface area contributed by atoms with E-state index in [9.17, 15) is 14.4 Å². The summed E-state index contributed by atoms with van der Waals surface area (Å²) >= 11 is 1.59. The summed E-state index contributed by atoms with van der Waals surface area (Å²) in [5.74, 6) is 1.21. The third-order valence-corrected chi connectivity index (χ3v) is 6.61. The van der Waals surface area contributed by atoms with Gasteiger partial charge in [0.05, 0.1) is 0 Å². The molecule has 0 saturated carbocycles. The summed E-state index contributed by atoms with van der Waals surface area (Å²) < 4.78 is 10.5. The summed E-state index contributed by atoms with van der Waals surface area (Å²) in [7, 11) is 0. The Hall–Kier alpha value is -3.20. The molecule has 30 heavy (non-hydrogen) atoms. The van der Waals surface area contributed by atoms with Gasteiger partial charge in [-0.25, -0.2) is 0 Å². The van der Waals surface area contributed by atoms with E-state index < -0.39 is 6.04 Å². The van der Waals surface area contributed by atoms with Gasteiger partial charge >= 0.3 is 0 Å². The van der Waals surface area contributed by atoms with E-state index in [0.717, 1.165) is 5.56 Å². The standard InChI is InChI=1S/C21H19N3O5S/c25-18(23-12-5-6-16-17(9-12)29-11-28-16)7-8-22-19(26)15-10-30-21-14-4-2-1-3-13(14)20(27)24(15)21/h1-6,9,15,21H,7-8,10-11H2,(H,22,26)(H,23,25)/t15-,21-/m0/s1. The van der Waals surface area contributed by atoms with Gasteiger partial charge in [0.2, 0.25) is 18.6 Å². The van der Waals surface area contributed by atoms with Crippen LogP contribution in [0.1, 0.15) is 27.7 Å². The maximum Gasteiger partial charge on any atom is 0.256 e. The predicted octanol–water partition coefficient (Wildman–Crippen LogP) is 2.13. The largest absolute Gasteiger partial charge is 0.454 e. The van der Waals surface area contributed by atoms with Gasteiger partial charge in [-0.15, -0.1) is 11.8 Å². The van der Waals surface area contributed by atoms with Gasteiger partial charge in [0, 0.05) is 36.0 Å². The van der Waals surface area contributed by atoms with Crippen LogP contribution in [0.25, 0.3) is 0 Å². The molecule has 0 bridgehead atoms. The number of nitrogens with one attached hydrogen (secondary N) is 2. The topological polar surface area (TPSA) is 97.0 Å². The number of hydrogen-bond donors (Lipinski definition) is 2. The van der Waals surface area contributed by atoms with E-state index in [4.69, 9.17) is 9.47 Å². The Morgan fingerprint density at radius 3 is 2.87 bits per heavy atom. The summed E-state index contributed by atoms with van der Waals surface area (Å²) in [4.78, 5) is 39.2. The minimum absolute atomic E-state index is 0.110. The Labute approximate surface area is 176 Å². The van der Waals surface area contributed by atoms with Gasteiger partial charge in [-0.1, -0.05) is 18.2 Å². The first-order chi connectivity index (χ1) is 14.6. The summed E-state index contributed by atoms with van der Waals surface area (Å²) in [6.07, 6.45) is 0.123. The van der Waals surface area contributed by atoms with Crippen LogP contribution in [0.2, 0.25) is 0 Å². The van der Waals surface area contributed by atoms with Crippen molar-refractivity contribution >= 4 is 35.2 Å². The van der Waals surface area contributed by atoms with Gasteiger partial charge in [-0.05, 0) is 23.8 Å². The predicted molar refractivity (Wildman–Crippen MR) is 110 cm³/mol. The number of hydrogen-bond acceptors (Lipinski definition) is 6. The van der Waals surface area contributed by atoms with Crippen molar-refractivity contribution in [1.82, 2.24) is 10.2 Å². The number of anilines is 1. The monoisotopic (exact) mass is 425 g/mol. The van der Waals surface area contributed by atoms with Gasteiger partial charge in [0.1, 0.15) is 11.4 Å². The van der Waals surface area contributed by atoms with Crippen LogP contribution in [0.5, 0.6) is 11.5 Å². The zero-order chi connectivity index (χ0) is 20.7. The van der Waals surface area contributed by atoms with Crippen LogP contribution in [0.3, 0.4) is 0 Å². The molecule has 3 aliphatic heterocycles. The number of benzene rings is 2. The third kappa shape index (κ3) is 3.24. The second kappa shape index (κ2) is 7.56. The van der Waals surface area contributed by atoms with Crippen molar-refractivity contribution in [1.29, 1.82) is 0 Å². The van der Waals surface area contributed by atoms with Crippen molar-refractivity contribution in [2.24, 2.45) is 0 Å². The van der Waals surface area contributed by atoms with Gasteiger partial charge in [-0.3, -0.25) is 14.4 Å². The van der Waals surface area contributed by atoms with Crippen LogP contribution in [-0.4, -0.2) is 47.8 Å². The molecule has 0 radical (unpaired) electrons. The molecule has 2 aromatic rings. The number of carbonyl (C=O) groups excluding carboxylic acids is 3. The molecule has 2 aromatic carbocycles. The van der Waals surface area contributed by atoms with Crippen LogP contribution in [0.15, 0.2) is 42.5 Å². The van der Waals surface area contributed by atoms with Crippen molar-refractivity contribution in [3.8, 4) is 11.5 Å². The molecule has 3 aliphatic rings. The minimum atomic E-state index is -0.531. The Bertz CT molecular complexity index is 1040. The maximum absolute atomic E-state index is 12.7. The van der Waals surface area contributed by atoms with Crippen LogP contribution in [-0.2, 0) is 9.59 Å². The molecule has 1 fully saturated rings. The van der Waals surface area contributed by atoms with E-state index in [1.54, 1.807) is 40.9 Å². The molecule has 2 atom stereocenters. The highest BCUT2D eigenvalue weighted by molar-refractivity contribution is 7.99. The quantitative estimate of drug-likeness (QED) is 0.762. The first-order valence-electron chi connectivity index (χ1n) is 9.62. The summed E-state index contributed by atoms with van der Waals surface area (Å²) in [5.41, 5.74) is 2.23. The molecular formula is C21H19N3O5S. The molecule has 1 saturated heterocycles. The van der Waals surface area contributed by atoms with Crippen molar-refractivity contribution < 1.29 is 23.9 Å². The zero-order valence-electron chi connectivity index (χ0n) is 15.9. The average molecular weight is 425 g/mol. The van der Waals surface area contributed by atoms with Gasteiger partial charge in [0.25, 0.3) is 5.91 Å². The number of carbonyl (C=O) groups is 3.